The second-order valence-corrected chi connectivity index (χ2v) is 6.19. The number of rotatable bonds is 4. The predicted octanol–water partition coefficient (Wildman–Crippen LogP) is 2.03. The fraction of sp³-hybridized carbons (Fsp3) is 0.923. The molecule has 4 nitrogen and oxygen atoms in total. The summed E-state index contributed by atoms with van der Waals surface area (Å²) in [5.74, 6) is 1.53. The van der Waals surface area contributed by atoms with Gasteiger partial charge in [0.2, 0.25) is 0 Å². The molecule has 3 N–H and O–H groups in total. The van der Waals surface area contributed by atoms with E-state index in [0.29, 0.717) is 5.92 Å². The van der Waals surface area contributed by atoms with E-state index in [2.05, 4.69) is 5.32 Å². The molecule has 1 aliphatic heterocycles. The normalized spacial score (nSPS) is 33.2. The van der Waals surface area contributed by atoms with Gasteiger partial charge in [-0.05, 0) is 64.3 Å². The molecule has 1 saturated heterocycles. The van der Waals surface area contributed by atoms with Gasteiger partial charge in [0.15, 0.2) is 0 Å². The number of nitrogens with two attached hydrogens (primary N) is 1. The number of carbonyl (C=O) groups excluding carboxylic acids is 1. The minimum absolute atomic E-state index is 0.412. The quantitative estimate of drug-likeness (QED) is 0.790. The van der Waals surface area contributed by atoms with Gasteiger partial charge in [-0.25, -0.2) is 4.79 Å². The van der Waals surface area contributed by atoms with Crippen molar-refractivity contribution >= 4 is 6.09 Å². The first-order chi connectivity index (χ1) is 7.96. The number of amides is 1. The molecule has 2 rings (SSSR count). The number of nitrogens with one attached hydrogen (secondary N) is 1. The van der Waals surface area contributed by atoms with E-state index in [1.807, 2.05) is 13.8 Å². The van der Waals surface area contributed by atoms with Gasteiger partial charge < -0.3 is 15.8 Å². The molecule has 2 aliphatic rings. The smallest absolute Gasteiger partial charge is 0.405 e. The average molecular weight is 240 g/mol. The van der Waals surface area contributed by atoms with Crippen LogP contribution in [-0.2, 0) is 4.74 Å². The van der Waals surface area contributed by atoms with Crippen molar-refractivity contribution < 1.29 is 9.53 Å². The Bertz CT molecular complexity index is 279. The maximum atomic E-state index is 10.8. The SMILES string of the molecule is CC(C)(CC1CC(C2CCCN2)C1)OC(N)=O. The minimum atomic E-state index is -0.664. The molecule has 98 valence electrons. The molecule has 0 aromatic rings. The van der Waals surface area contributed by atoms with E-state index in [-0.39, 0.29) is 0 Å². The van der Waals surface area contributed by atoms with Crippen LogP contribution in [0.2, 0.25) is 0 Å². The van der Waals surface area contributed by atoms with Crippen molar-refractivity contribution in [2.24, 2.45) is 17.6 Å². The van der Waals surface area contributed by atoms with Crippen molar-refractivity contribution in [3.8, 4) is 0 Å². The highest BCUT2D eigenvalue weighted by atomic mass is 16.6. The predicted molar refractivity (Wildman–Crippen MR) is 66.6 cm³/mol. The van der Waals surface area contributed by atoms with Crippen molar-refractivity contribution in [2.45, 2.75) is 57.6 Å². The lowest BCUT2D eigenvalue weighted by molar-refractivity contribution is 0.00162. The minimum Gasteiger partial charge on any atom is -0.444 e. The van der Waals surface area contributed by atoms with Crippen molar-refractivity contribution in [1.29, 1.82) is 0 Å². The average Bonchev–Trinajstić information content (AvgIpc) is 2.60. The number of hydrogen-bond donors (Lipinski definition) is 2. The molecule has 0 radical (unpaired) electrons. The second kappa shape index (κ2) is 4.84. The molecule has 1 atom stereocenters. The van der Waals surface area contributed by atoms with Crippen LogP contribution in [0.3, 0.4) is 0 Å². The first kappa shape index (κ1) is 12.7. The van der Waals surface area contributed by atoms with Gasteiger partial charge >= 0.3 is 6.09 Å². The number of ether oxygens (including phenoxy) is 1. The molecular formula is C13H24N2O2. The van der Waals surface area contributed by atoms with Crippen molar-refractivity contribution in [3.63, 3.8) is 0 Å². The molecule has 4 heteroatoms. The van der Waals surface area contributed by atoms with Crippen LogP contribution < -0.4 is 11.1 Å². The Hall–Kier alpha value is -0.770. The van der Waals surface area contributed by atoms with Crippen molar-refractivity contribution in [1.82, 2.24) is 5.32 Å². The van der Waals surface area contributed by atoms with Gasteiger partial charge in [-0.3, -0.25) is 0 Å². The van der Waals surface area contributed by atoms with Gasteiger partial charge in [-0.15, -0.1) is 0 Å². The van der Waals surface area contributed by atoms with E-state index >= 15 is 0 Å². The van der Waals surface area contributed by atoms with Crippen LogP contribution >= 0.6 is 0 Å². The van der Waals surface area contributed by atoms with Gasteiger partial charge in [0.1, 0.15) is 5.60 Å². The number of primary amides is 1. The summed E-state index contributed by atoms with van der Waals surface area (Å²) in [4.78, 5) is 10.8. The zero-order valence-electron chi connectivity index (χ0n) is 10.9. The van der Waals surface area contributed by atoms with Crippen LogP contribution in [0.1, 0.15) is 46.0 Å². The Morgan fingerprint density at radius 1 is 1.47 bits per heavy atom. The molecule has 1 unspecified atom stereocenters. The summed E-state index contributed by atoms with van der Waals surface area (Å²) in [5, 5.41) is 3.57. The van der Waals surface area contributed by atoms with E-state index in [9.17, 15) is 4.79 Å². The molecular weight excluding hydrogens is 216 g/mol. The van der Waals surface area contributed by atoms with Crippen LogP contribution in [0.25, 0.3) is 0 Å². The first-order valence-electron chi connectivity index (χ1n) is 6.68. The fourth-order valence-electron chi connectivity index (χ4n) is 3.41. The Labute approximate surface area is 103 Å². The molecule has 1 amide bonds. The van der Waals surface area contributed by atoms with Crippen LogP contribution in [0.5, 0.6) is 0 Å². The molecule has 0 aromatic heterocycles. The Balaban J connectivity index is 1.70. The van der Waals surface area contributed by atoms with Gasteiger partial charge in [-0.1, -0.05) is 0 Å². The summed E-state index contributed by atoms with van der Waals surface area (Å²) in [7, 11) is 0. The third-order valence-electron chi connectivity index (χ3n) is 4.10. The summed E-state index contributed by atoms with van der Waals surface area (Å²) in [5.41, 5.74) is 4.66. The molecule has 0 aromatic carbocycles. The molecule has 0 bridgehead atoms. The zero-order valence-corrected chi connectivity index (χ0v) is 10.9. The number of hydrogen-bond acceptors (Lipinski definition) is 3. The molecule has 1 saturated carbocycles. The largest absolute Gasteiger partial charge is 0.444 e. The third-order valence-corrected chi connectivity index (χ3v) is 4.10. The monoisotopic (exact) mass is 240 g/mol. The summed E-state index contributed by atoms with van der Waals surface area (Å²) >= 11 is 0. The Kier molecular flexibility index (Phi) is 3.61. The summed E-state index contributed by atoms with van der Waals surface area (Å²) in [6.07, 6.45) is 5.45. The molecule has 1 aliphatic carbocycles. The number of carbonyl (C=O) groups is 1. The van der Waals surface area contributed by atoms with Crippen LogP contribution in [-0.4, -0.2) is 24.3 Å². The Morgan fingerprint density at radius 2 is 2.18 bits per heavy atom. The van der Waals surface area contributed by atoms with Crippen molar-refractivity contribution in [3.05, 3.63) is 0 Å². The summed E-state index contributed by atoms with van der Waals surface area (Å²) in [6, 6.07) is 0.742. The van der Waals surface area contributed by atoms with E-state index in [4.69, 9.17) is 10.5 Å². The van der Waals surface area contributed by atoms with Gasteiger partial charge in [0, 0.05) is 6.04 Å². The van der Waals surface area contributed by atoms with E-state index in [0.717, 1.165) is 18.4 Å². The van der Waals surface area contributed by atoms with Crippen LogP contribution in [0.4, 0.5) is 4.79 Å². The van der Waals surface area contributed by atoms with Gasteiger partial charge in [0.25, 0.3) is 0 Å². The molecule has 0 spiro atoms. The van der Waals surface area contributed by atoms with Crippen molar-refractivity contribution in [2.75, 3.05) is 6.54 Å². The molecule has 2 fully saturated rings. The first-order valence-corrected chi connectivity index (χ1v) is 6.68. The lowest BCUT2D eigenvalue weighted by Gasteiger charge is -2.42. The van der Waals surface area contributed by atoms with Gasteiger partial charge in [0.05, 0.1) is 0 Å². The maximum absolute atomic E-state index is 10.8. The lowest BCUT2D eigenvalue weighted by Crippen LogP contribution is -2.42. The highest BCUT2D eigenvalue weighted by Gasteiger charge is 2.39. The highest BCUT2D eigenvalue weighted by Crippen LogP contribution is 2.42. The standard InChI is InChI=1S/C13H24N2O2/c1-13(2,17-12(14)16)8-9-6-10(7-9)11-4-3-5-15-11/h9-11,15H,3-8H2,1-2H3,(H2,14,16). The van der Waals surface area contributed by atoms with Crippen LogP contribution in [0.15, 0.2) is 0 Å². The Morgan fingerprint density at radius 3 is 2.71 bits per heavy atom. The van der Waals surface area contributed by atoms with Crippen LogP contribution in [0, 0.1) is 11.8 Å². The second-order valence-electron chi connectivity index (χ2n) is 6.19. The lowest BCUT2D eigenvalue weighted by atomic mass is 9.67. The van der Waals surface area contributed by atoms with E-state index < -0.39 is 11.7 Å². The highest BCUT2D eigenvalue weighted by molar-refractivity contribution is 5.65. The third kappa shape index (κ3) is 3.35. The molecule has 1 heterocycles. The zero-order chi connectivity index (χ0) is 12.5. The molecule has 17 heavy (non-hydrogen) atoms. The summed E-state index contributed by atoms with van der Waals surface area (Å²) < 4.78 is 5.13. The van der Waals surface area contributed by atoms with E-state index in [1.54, 1.807) is 0 Å². The van der Waals surface area contributed by atoms with Gasteiger partial charge in [-0.2, -0.15) is 0 Å². The summed E-state index contributed by atoms with van der Waals surface area (Å²) in [6.45, 7) is 5.07. The van der Waals surface area contributed by atoms with E-state index in [1.165, 1.54) is 32.2 Å². The topological polar surface area (TPSA) is 64.3 Å². The maximum Gasteiger partial charge on any atom is 0.405 e. The fourth-order valence-corrected chi connectivity index (χ4v) is 3.41.